The van der Waals surface area contributed by atoms with Crippen molar-refractivity contribution in [2.24, 2.45) is 16.7 Å². The standard InChI is InChI=1S/C32H39N3O3/c1-31(2)23-15-16-32(31,3)27(17-23)33-18-21-9-7-20(8-10-21)11-12-22-5-4-6-24-25(22)19-35(30(24)38)26-13-14-28(36)34-29(26)37/h4-10,23,26-27,33H,11-19H2,1-3H3,(H,34,36,37)/t23-,26?,27+,32+/m1/s1. The zero-order chi connectivity index (χ0) is 26.7. The van der Waals surface area contributed by atoms with Gasteiger partial charge in [-0.25, -0.2) is 0 Å². The number of benzene rings is 2. The molecule has 2 saturated carbocycles. The van der Waals surface area contributed by atoms with Crippen molar-refractivity contribution in [2.75, 3.05) is 0 Å². The van der Waals surface area contributed by atoms with Gasteiger partial charge in [0.25, 0.3) is 5.91 Å². The molecule has 1 unspecified atom stereocenters. The maximum absolute atomic E-state index is 13.1. The molecular weight excluding hydrogens is 474 g/mol. The molecule has 2 heterocycles. The van der Waals surface area contributed by atoms with Gasteiger partial charge in [-0.2, -0.15) is 0 Å². The van der Waals surface area contributed by atoms with Crippen LogP contribution in [0.25, 0.3) is 0 Å². The summed E-state index contributed by atoms with van der Waals surface area (Å²) in [6, 6.07) is 14.8. The third kappa shape index (κ3) is 4.08. The summed E-state index contributed by atoms with van der Waals surface area (Å²) in [5, 5.41) is 6.27. The molecule has 6 rings (SSSR count). The highest BCUT2D eigenvalue weighted by atomic mass is 16.2. The van der Waals surface area contributed by atoms with Crippen LogP contribution in [0, 0.1) is 16.7 Å². The number of nitrogens with zero attached hydrogens (tertiary/aromatic N) is 1. The normalized spacial score (nSPS) is 29.6. The summed E-state index contributed by atoms with van der Waals surface area (Å²) in [5.74, 6) is 0.109. The molecule has 2 aromatic rings. The minimum Gasteiger partial charge on any atom is -0.322 e. The molecule has 4 atom stereocenters. The quantitative estimate of drug-likeness (QED) is 0.533. The van der Waals surface area contributed by atoms with Gasteiger partial charge in [-0.15, -0.1) is 0 Å². The third-order valence-corrected chi connectivity index (χ3v) is 10.7. The van der Waals surface area contributed by atoms with E-state index in [1.807, 2.05) is 12.1 Å². The molecule has 3 amide bonds. The molecule has 200 valence electrons. The summed E-state index contributed by atoms with van der Waals surface area (Å²) in [5.41, 5.74) is 6.29. The van der Waals surface area contributed by atoms with Gasteiger partial charge in [-0.05, 0) is 83.6 Å². The van der Waals surface area contributed by atoms with Gasteiger partial charge in [0.2, 0.25) is 11.8 Å². The fraction of sp³-hybridized carbons (Fsp3) is 0.531. The van der Waals surface area contributed by atoms with Gasteiger partial charge in [0.1, 0.15) is 6.04 Å². The zero-order valence-corrected chi connectivity index (χ0v) is 22.8. The summed E-state index contributed by atoms with van der Waals surface area (Å²) in [6.45, 7) is 8.75. The first kappa shape index (κ1) is 25.3. The Labute approximate surface area is 225 Å². The average molecular weight is 514 g/mol. The van der Waals surface area contributed by atoms with Gasteiger partial charge in [0.05, 0.1) is 0 Å². The molecule has 1 saturated heterocycles. The van der Waals surface area contributed by atoms with Crippen molar-refractivity contribution in [1.82, 2.24) is 15.5 Å². The molecule has 2 N–H and O–H groups in total. The smallest absolute Gasteiger partial charge is 0.255 e. The first-order valence-corrected chi connectivity index (χ1v) is 14.2. The Hall–Kier alpha value is -2.99. The van der Waals surface area contributed by atoms with Crippen LogP contribution in [0.2, 0.25) is 0 Å². The van der Waals surface area contributed by atoms with Crippen LogP contribution in [0.15, 0.2) is 42.5 Å². The molecule has 2 aliphatic heterocycles. The van der Waals surface area contributed by atoms with Crippen LogP contribution in [0.3, 0.4) is 0 Å². The van der Waals surface area contributed by atoms with E-state index in [9.17, 15) is 14.4 Å². The Morgan fingerprint density at radius 3 is 2.42 bits per heavy atom. The van der Waals surface area contributed by atoms with Crippen LogP contribution < -0.4 is 10.6 Å². The van der Waals surface area contributed by atoms with Crippen LogP contribution in [0.4, 0.5) is 0 Å². The second-order valence-electron chi connectivity index (χ2n) is 12.7. The molecule has 6 nitrogen and oxygen atoms in total. The SMILES string of the molecule is CC1(C)[C@@H]2CC[C@@]1(C)[C@@H](NCc1ccc(CCc3cccc4c3CN(C3CCC(=O)NC3=O)C4=O)cc1)C2. The topological polar surface area (TPSA) is 78.5 Å². The molecule has 2 bridgehead atoms. The van der Waals surface area contributed by atoms with E-state index in [4.69, 9.17) is 0 Å². The largest absolute Gasteiger partial charge is 0.322 e. The van der Waals surface area contributed by atoms with Crippen LogP contribution >= 0.6 is 0 Å². The summed E-state index contributed by atoms with van der Waals surface area (Å²) in [4.78, 5) is 38.7. The Morgan fingerprint density at radius 1 is 0.974 bits per heavy atom. The van der Waals surface area contributed by atoms with E-state index < -0.39 is 6.04 Å². The van der Waals surface area contributed by atoms with Gasteiger partial charge < -0.3 is 10.2 Å². The minimum absolute atomic E-state index is 0.110. The fourth-order valence-electron chi connectivity index (χ4n) is 7.74. The highest BCUT2D eigenvalue weighted by Crippen LogP contribution is 2.65. The molecule has 0 radical (unpaired) electrons. The van der Waals surface area contributed by atoms with Crippen molar-refractivity contribution in [2.45, 2.75) is 90.9 Å². The van der Waals surface area contributed by atoms with Gasteiger partial charge in [-0.1, -0.05) is 57.2 Å². The number of imide groups is 1. The molecule has 0 aromatic heterocycles. The van der Waals surface area contributed by atoms with Crippen LogP contribution in [0.1, 0.15) is 85.5 Å². The summed E-state index contributed by atoms with van der Waals surface area (Å²) in [6.07, 6.45) is 6.41. The molecular formula is C32H39N3O3. The highest BCUT2D eigenvalue weighted by molar-refractivity contribution is 6.05. The molecule has 38 heavy (non-hydrogen) atoms. The van der Waals surface area contributed by atoms with Crippen molar-refractivity contribution in [3.05, 3.63) is 70.3 Å². The summed E-state index contributed by atoms with van der Waals surface area (Å²) in [7, 11) is 0. The van der Waals surface area contributed by atoms with E-state index in [0.717, 1.165) is 36.4 Å². The number of aryl methyl sites for hydroxylation is 2. The predicted molar refractivity (Wildman–Crippen MR) is 146 cm³/mol. The van der Waals surface area contributed by atoms with Crippen molar-refractivity contribution < 1.29 is 14.4 Å². The monoisotopic (exact) mass is 513 g/mol. The zero-order valence-electron chi connectivity index (χ0n) is 22.8. The van der Waals surface area contributed by atoms with E-state index in [1.54, 1.807) is 4.90 Å². The van der Waals surface area contributed by atoms with E-state index in [1.165, 1.54) is 30.4 Å². The Morgan fingerprint density at radius 2 is 1.74 bits per heavy atom. The van der Waals surface area contributed by atoms with Crippen molar-refractivity contribution in [1.29, 1.82) is 0 Å². The lowest BCUT2D eigenvalue weighted by Gasteiger charge is -2.39. The second-order valence-corrected chi connectivity index (χ2v) is 12.7. The fourth-order valence-corrected chi connectivity index (χ4v) is 7.74. The first-order valence-electron chi connectivity index (χ1n) is 14.2. The van der Waals surface area contributed by atoms with Gasteiger partial charge >= 0.3 is 0 Å². The first-order chi connectivity index (χ1) is 18.2. The Kier molecular flexibility index (Phi) is 6.21. The number of hydrogen-bond donors (Lipinski definition) is 2. The van der Waals surface area contributed by atoms with Gasteiger partial charge in [0, 0.05) is 31.1 Å². The lowest BCUT2D eigenvalue weighted by atomic mass is 9.69. The van der Waals surface area contributed by atoms with E-state index in [-0.39, 0.29) is 24.1 Å². The second kappa shape index (κ2) is 9.33. The van der Waals surface area contributed by atoms with Crippen LogP contribution in [-0.2, 0) is 35.5 Å². The number of piperidine rings is 1. The van der Waals surface area contributed by atoms with E-state index in [2.05, 4.69) is 61.7 Å². The Balaban J connectivity index is 1.06. The molecule has 6 heteroatoms. The number of amides is 3. The lowest BCUT2D eigenvalue weighted by Crippen LogP contribution is -2.52. The molecule has 2 aromatic carbocycles. The maximum Gasteiger partial charge on any atom is 0.255 e. The van der Waals surface area contributed by atoms with Crippen LogP contribution in [-0.4, -0.2) is 34.7 Å². The number of carbonyl (C=O) groups is 3. The molecule has 2 aliphatic carbocycles. The predicted octanol–water partition coefficient (Wildman–Crippen LogP) is 4.54. The van der Waals surface area contributed by atoms with Crippen molar-refractivity contribution in [3.8, 4) is 0 Å². The Bertz CT molecular complexity index is 1280. The molecule has 3 fully saturated rings. The maximum atomic E-state index is 13.1. The van der Waals surface area contributed by atoms with Crippen LogP contribution in [0.5, 0.6) is 0 Å². The number of rotatable bonds is 7. The number of fused-ring (bicyclic) bond motifs is 3. The third-order valence-electron chi connectivity index (χ3n) is 10.7. The van der Waals surface area contributed by atoms with Crippen molar-refractivity contribution in [3.63, 3.8) is 0 Å². The van der Waals surface area contributed by atoms with E-state index in [0.29, 0.717) is 35.4 Å². The van der Waals surface area contributed by atoms with E-state index >= 15 is 0 Å². The van der Waals surface area contributed by atoms with Gasteiger partial charge in [-0.3, -0.25) is 19.7 Å². The number of carbonyl (C=O) groups excluding carboxylic acids is 3. The number of nitrogens with one attached hydrogen (secondary N) is 2. The van der Waals surface area contributed by atoms with Crippen molar-refractivity contribution >= 4 is 17.7 Å². The minimum atomic E-state index is -0.574. The number of hydrogen-bond acceptors (Lipinski definition) is 4. The summed E-state index contributed by atoms with van der Waals surface area (Å²) >= 11 is 0. The average Bonchev–Trinajstić information content (AvgIpc) is 3.42. The molecule has 4 aliphatic rings. The molecule has 0 spiro atoms. The highest BCUT2D eigenvalue weighted by Gasteiger charge is 2.60. The summed E-state index contributed by atoms with van der Waals surface area (Å²) < 4.78 is 0. The van der Waals surface area contributed by atoms with Gasteiger partial charge in [0.15, 0.2) is 0 Å². The lowest BCUT2D eigenvalue weighted by molar-refractivity contribution is -0.136.